The van der Waals surface area contributed by atoms with Crippen LogP contribution in [0.1, 0.15) is 28.7 Å². The first-order chi connectivity index (χ1) is 9.22. The van der Waals surface area contributed by atoms with Crippen molar-refractivity contribution < 1.29 is 4.79 Å². The van der Waals surface area contributed by atoms with Crippen molar-refractivity contribution in [3.05, 3.63) is 41.2 Å². The van der Waals surface area contributed by atoms with Crippen molar-refractivity contribution in [1.82, 2.24) is 10.2 Å². The number of aryl methyl sites for hydroxylation is 1. The maximum Gasteiger partial charge on any atom is 0.280 e. The van der Waals surface area contributed by atoms with Gasteiger partial charge in [0.05, 0.1) is 11.4 Å². The van der Waals surface area contributed by atoms with E-state index in [0.717, 1.165) is 24.2 Å². The molecule has 98 valence electrons. The quantitative estimate of drug-likeness (QED) is 0.859. The number of aromatic amines is 1. The average molecular weight is 256 g/mol. The molecule has 0 unspecified atom stereocenters. The molecule has 19 heavy (non-hydrogen) atoms. The third-order valence-corrected chi connectivity index (χ3v) is 3.57. The van der Waals surface area contributed by atoms with Crippen molar-refractivity contribution >= 4 is 17.3 Å². The van der Waals surface area contributed by atoms with Crippen LogP contribution in [0, 0.1) is 0 Å². The molecular weight excluding hydrogens is 240 g/mol. The molecule has 2 aromatic rings. The molecule has 0 spiro atoms. The van der Waals surface area contributed by atoms with Crippen molar-refractivity contribution in [1.29, 1.82) is 0 Å². The maximum absolute atomic E-state index is 12.5. The van der Waals surface area contributed by atoms with Crippen LogP contribution in [0.15, 0.2) is 24.3 Å². The summed E-state index contributed by atoms with van der Waals surface area (Å²) in [6, 6.07) is 7.94. The maximum atomic E-state index is 12.5. The van der Waals surface area contributed by atoms with Crippen LogP contribution in [-0.4, -0.2) is 22.6 Å². The van der Waals surface area contributed by atoms with Gasteiger partial charge in [0.2, 0.25) is 0 Å². The van der Waals surface area contributed by atoms with Crippen LogP contribution in [0.2, 0.25) is 0 Å². The molecular formula is C14H16N4O. The fraction of sp³-hybridized carbons (Fsp3) is 0.286. The number of carbonyl (C=O) groups is 1. The highest BCUT2D eigenvalue weighted by Gasteiger charge is 2.28. The highest BCUT2D eigenvalue weighted by atomic mass is 16.2. The van der Waals surface area contributed by atoms with Gasteiger partial charge in [-0.1, -0.05) is 25.1 Å². The van der Waals surface area contributed by atoms with Crippen molar-refractivity contribution in [2.24, 2.45) is 0 Å². The van der Waals surface area contributed by atoms with E-state index in [2.05, 4.69) is 10.2 Å². The van der Waals surface area contributed by atoms with Crippen LogP contribution in [0.5, 0.6) is 0 Å². The van der Waals surface area contributed by atoms with Crippen LogP contribution in [0.25, 0.3) is 0 Å². The Kier molecular flexibility index (Phi) is 2.74. The molecule has 0 saturated carbocycles. The summed E-state index contributed by atoms with van der Waals surface area (Å²) >= 11 is 0. The number of nitrogens with two attached hydrogens (primary N) is 1. The number of anilines is 2. The second kappa shape index (κ2) is 4.42. The summed E-state index contributed by atoms with van der Waals surface area (Å²) in [5, 5.41) is 6.89. The summed E-state index contributed by atoms with van der Waals surface area (Å²) in [7, 11) is 0. The van der Waals surface area contributed by atoms with Gasteiger partial charge in [-0.3, -0.25) is 9.89 Å². The van der Waals surface area contributed by atoms with E-state index >= 15 is 0 Å². The topological polar surface area (TPSA) is 75.0 Å². The predicted molar refractivity (Wildman–Crippen MR) is 74.2 cm³/mol. The number of hydrogen-bond donors (Lipinski definition) is 2. The van der Waals surface area contributed by atoms with E-state index in [9.17, 15) is 4.79 Å². The Morgan fingerprint density at radius 1 is 1.47 bits per heavy atom. The minimum Gasteiger partial charge on any atom is -0.395 e. The molecule has 2 heterocycles. The second-order valence-corrected chi connectivity index (χ2v) is 4.65. The van der Waals surface area contributed by atoms with Gasteiger partial charge in [0, 0.05) is 12.2 Å². The van der Waals surface area contributed by atoms with Gasteiger partial charge in [-0.25, -0.2) is 0 Å². The summed E-state index contributed by atoms with van der Waals surface area (Å²) in [5.41, 5.74) is 9.73. The van der Waals surface area contributed by atoms with Gasteiger partial charge in [-0.15, -0.1) is 0 Å². The van der Waals surface area contributed by atoms with Gasteiger partial charge >= 0.3 is 0 Å². The molecule has 5 nitrogen and oxygen atoms in total. The number of carbonyl (C=O) groups excluding carboxylic acids is 1. The predicted octanol–water partition coefficient (Wildman–Crippen LogP) is 1.76. The van der Waals surface area contributed by atoms with Gasteiger partial charge < -0.3 is 10.6 Å². The number of para-hydroxylation sites is 1. The number of nitrogens with one attached hydrogen (secondary N) is 1. The molecule has 0 atom stereocenters. The Bertz CT molecular complexity index is 632. The summed E-state index contributed by atoms with van der Waals surface area (Å²) in [6.07, 6.45) is 1.62. The van der Waals surface area contributed by atoms with Crippen molar-refractivity contribution in [2.75, 3.05) is 17.2 Å². The Balaban J connectivity index is 1.95. The normalized spacial score (nSPS) is 13.6. The van der Waals surface area contributed by atoms with E-state index in [0.29, 0.717) is 17.9 Å². The lowest BCUT2D eigenvalue weighted by atomic mass is 10.2. The van der Waals surface area contributed by atoms with Gasteiger partial charge in [0.25, 0.3) is 5.91 Å². The molecule has 0 fully saturated rings. The Morgan fingerprint density at radius 2 is 2.26 bits per heavy atom. The zero-order chi connectivity index (χ0) is 13.4. The fourth-order valence-corrected chi connectivity index (χ4v) is 2.50. The van der Waals surface area contributed by atoms with E-state index in [1.165, 1.54) is 5.56 Å². The van der Waals surface area contributed by atoms with E-state index < -0.39 is 0 Å². The Hall–Kier alpha value is -2.30. The number of rotatable bonds is 2. The van der Waals surface area contributed by atoms with Gasteiger partial charge in [0.15, 0.2) is 5.69 Å². The highest BCUT2D eigenvalue weighted by Crippen LogP contribution is 2.29. The molecule has 1 aromatic carbocycles. The number of nitrogens with zero attached hydrogens (tertiary/aromatic N) is 2. The smallest absolute Gasteiger partial charge is 0.280 e. The minimum atomic E-state index is -0.126. The van der Waals surface area contributed by atoms with Crippen molar-refractivity contribution in [2.45, 2.75) is 19.8 Å². The van der Waals surface area contributed by atoms with Crippen molar-refractivity contribution in [3.63, 3.8) is 0 Å². The number of nitrogen functional groups attached to an aromatic ring is 1. The SMILES string of the molecule is CCc1[nH]nc(C(=O)N2CCc3ccccc32)c1N. The molecule has 0 aliphatic carbocycles. The molecule has 5 heteroatoms. The molecule has 0 bridgehead atoms. The summed E-state index contributed by atoms with van der Waals surface area (Å²) < 4.78 is 0. The number of amides is 1. The molecule has 3 N–H and O–H groups in total. The summed E-state index contributed by atoms with van der Waals surface area (Å²) in [6.45, 7) is 2.66. The monoisotopic (exact) mass is 256 g/mol. The lowest BCUT2D eigenvalue weighted by molar-refractivity contribution is 0.0985. The Labute approximate surface area is 111 Å². The van der Waals surface area contributed by atoms with Crippen LogP contribution in [0.3, 0.4) is 0 Å². The van der Waals surface area contributed by atoms with E-state index in [4.69, 9.17) is 5.73 Å². The minimum absolute atomic E-state index is 0.126. The number of aromatic nitrogens is 2. The highest BCUT2D eigenvalue weighted by molar-refractivity contribution is 6.09. The van der Waals surface area contributed by atoms with Gasteiger partial charge in [-0.2, -0.15) is 5.10 Å². The fourth-order valence-electron chi connectivity index (χ4n) is 2.50. The average Bonchev–Trinajstić information content (AvgIpc) is 3.01. The van der Waals surface area contributed by atoms with Crippen LogP contribution in [-0.2, 0) is 12.8 Å². The number of fused-ring (bicyclic) bond motifs is 1. The first kappa shape index (κ1) is 11.8. The number of H-pyrrole nitrogens is 1. The molecule has 1 aromatic heterocycles. The molecule has 1 aliphatic rings. The lowest BCUT2D eigenvalue weighted by Gasteiger charge is -2.16. The van der Waals surface area contributed by atoms with E-state index in [1.54, 1.807) is 4.90 Å². The zero-order valence-electron chi connectivity index (χ0n) is 10.8. The van der Waals surface area contributed by atoms with Crippen LogP contribution < -0.4 is 10.6 Å². The van der Waals surface area contributed by atoms with Gasteiger partial charge in [0.1, 0.15) is 0 Å². The zero-order valence-corrected chi connectivity index (χ0v) is 10.8. The summed E-state index contributed by atoms with van der Waals surface area (Å²) in [5.74, 6) is -0.126. The van der Waals surface area contributed by atoms with Crippen molar-refractivity contribution in [3.8, 4) is 0 Å². The van der Waals surface area contributed by atoms with Crippen LogP contribution >= 0.6 is 0 Å². The third kappa shape index (κ3) is 1.78. The summed E-state index contributed by atoms with van der Waals surface area (Å²) in [4.78, 5) is 14.3. The molecule has 1 aliphatic heterocycles. The van der Waals surface area contributed by atoms with E-state index in [1.807, 2.05) is 31.2 Å². The largest absolute Gasteiger partial charge is 0.395 e. The third-order valence-electron chi connectivity index (χ3n) is 3.57. The molecule has 1 amide bonds. The lowest BCUT2D eigenvalue weighted by Crippen LogP contribution is -2.29. The number of benzene rings is 1. The van der Waals surface area contributed by atoms with Crippen LogP contribution in [0.4, 0.5) is 11.4 Å². The molecule has 0 saturated heterocycles. The van der Waals surface area contributed by atoms with E-state index in [-0.39, 0.29) is 5.91 Å². The molecule has 3 rings (SSSR count). The standard InChI is InChI=1S/C14H16N4O/c1-2-10-12(15)13(17-16-10)14(19)18-8-7-9-5-3-4-6-11(9)18/h3-6H,2,7-8,15H2,1H3,(H,16,17). The molecule has 0 radical (unpaired) electrons. The van der Waals surface area contributed by atoms with Gasteiger partial charge in [-0.05, 0) is 24.5 Å². The first-order valence-electron chi connectivity index (χ1n) is 6.45. The number of hydrogen-bond acceptors (Lipinski definition) is 3. The second-order valence-electron chi connectivity index (χ2n) is 4.65. The Morgan fingerprint density at radius 3 is 3.00 bits per heavy atom. The first-order valence-corrected chi connectivity index (χ1v) is 6.45.